The predicted octanol–water partition coefficient (Wildman–Crippen LogP) is 3.23. The summed E-state index contributed by atoms with van der Waals surface area (Å²) in [6.07, 6.45) is 4.69. The SMILES string of the molecule is O=C(N[C@H](c1ccc2c(c1)CCCC2)c1cccs1)c1ccc(=O)[nH]n1. The number of nitrogens with zero attached hydrogens (tertiary/aromatic N) is 1. The molecule has 0 unspecified atom stereocenters. The minimum Gasteiger partial charge on any atom is -0.339 e. The summed E-state index contributed by atoms with van der Waals surface area (Å²) in [6, 6.07) is 13.0. The fourth-order valence-electron chi connectivity index (χ4n) is 3.38. The maximum absolute atomic E-state index is 12.6. The van der Waals surface area contributed by atoms with Gasteiger partial charge in [0.2, 0.25) is 0 Å². The lowest BCUT2D eigenvalue weighted by Gasteiger charge is -2.22. The molecule has 0 fully saturated rings. The third-order valence-corrected chi connectivity index (χ3v) is 5.66. The number of carbonyl (C=O) groups is 1. The van der Waals surface area contributed by atoms with Crippen molar-refractivity contribution in [3.63, 3.8) is 0 Å². The molecule has 2 aromatic heterocycles. The van der Waals surface area contributed by atoms with Gasteiger partial charge in [0.25, 0.3) is 11.5 Å². The number of carbonyl (C=O) groups excluding carboxylic acids is 1. The van der Waals surface area contributed by atoms with Crippen LogP contribution in [-0.2, 0) is 12.8 Å². The summed E-state index contributed by atoms with van der Waals surface area (Å²) in [4.78, 5) is 24.9. The summed E-state index contributed by atoms with van der Waals surface area (Å²) < 4.78 is 0. The molecule has 0 aliphatic heterocycles. The van der Waals surface area contributed by atoms with Gasteiger partial charge in [0.05, 0.1) is 6.04 Å². The molecule has 0 bridgehead atoms. The van der Waals surface area contributed by atoms with Gasteiger partial charge in [-0.05, 0) is 59.9 Å². The zero-order valence-corrected chi connectivity index (χ0v) is 15.0. The molecular formula is C20H19N3O2S. The third kappa shape index (κ3) is 3.46. The van der Waals surface area contributed by atoms with E-state index < -0.39 is 0 Å². The molecule has 1 atom stereocenters. The fraction of sp³-hybridized carbons (Fsp3) is 0.250. The first-order chi connectivity index (χ1) is 12.7. The second-order valence-electron chi connectivity index (χ2n) is 6.46. The summed E-state index contributed by atoms with van der Waals surface area (Å²) in [5.74, 6) is -0.308. The first-order valence-electron chi connectivity index (χ1n) is 8.72. The molecule has 5 nitrogen and oxygen atoms in total. The molecule has 3 aromatic rings. The van der Waals surface area contributed by atoms with E-state index in [1.54, 1.807) is 11.3 Å². The molecule has 0 spiro atoms. The van der Waals surface area contributed by atoms with Crippen LogP contribution in [0, 0.1) is 0 Å². The van der Waals surface area contributed by atoms with Gasteiger partial charge in [0, 0.05) is 10.9 Å². The first kappa shape index (κ1) is 16.7. The molecule has 4 rings (SSSR count). The van der Waals surface area contributed by atoms with Gasteiger partial charge in [-0.3, -0.25) is 9.59 Å². The molecule has 1 amide bonds. The van der Waals surface area contributed by atoms with Crippen LogP contribution in [-0.4, -0.2) is 16.1 Å². The number of hydrogen-bond donors (Lipinski definition) is 2. The number of benzene rings is 1. The van der Waals surface area contributed by atoms with Crippen molar-refractivity contribution in [2.24, 2.45) is 0 Å². The number of nitrogens with one attached hydrogen (secondary N) is 2. The molecule has 0 radical (unpaired) electrons. The Kier molecular flexibility index (Phi) is 4.67. The third-order valence-electron chi connectivity index (χ3n) is 4.72. The molecule has 1 aromatic carbocycles. The molecule has 1 aliphatic rings. The summed E-state index contributed by atoms with van der Waals surface area (Å²) >= 11 is 1.61. The molecule has 0 saturated heterocycles. The molecule has 2 N–H and O–H groups in total. The predicted molar refractivity (Wildman–Crippen MR) is 102 cm³/mol. The lowest BCUT2D eigenvalue weighted by molar-refractivity contribution is 0.0937. The highest BCUT2D eigenvalue weighted by atomic mass is 32.1. The van der Waals surface area contributed by atoms with Gasteiger partial charge < -0.3 is 5.32 Å². The van der Waals surface area contributed by atoms with Crippen molar-refractivity contribution >= 4 is 17.2 Å². The molecule has 26 heavy (non-hydrogen) atoms. The van der Waals surface area contributed by atoms with Crippen molar-refractivity contribution in [1.29, 1.82) is 0 Å². The fourth-order valence-corrected chi connectivity index (χ4v) is 4.19. The number of amides is 1. The molecule has 2 heterocycles. The summed E-state index contributed by atoms with van der Waals surface area (Å²) in [6.45, 7) is 0. The highest BCUT2D eigenvalue weighted by Gasteiger charge is 2.21. The van der Waals surface area contributed by atoms with E-state index in [0.717, 1.165) is 23.3 Å². The Morgan fingerprint density at radius 3 is 2.69 bits per heavy atom. The Morgan fingerprint density at radius 2 is 1.96 bits per heavy atom. The number of aromatic nitrogens is 2. The Morgan fingerprint density at radius 1 is 1.12 bits per heavy atom. The molecule has 6 heteroatoms. The molecule has 132 valence electrons. The van der Waals surface area contributed by atoms with Crippen LogP contribution in [0.1, 0.15) is 50.9 Å². The van der Waals surface area contributed by atoms with Crippen LogP contribution in [0.25, 0.3) is 0 Å². The Hall–Kier alpha value is -2.73. The lowest BCUT2D eigenvalue weighted by Crippen LogP contribution is -2.30. The van der Waals surface area contributed by atoms with E-state index in [4.69, 9.17) is 0 Å². The topological polar surface area (TPSA) is 74.8 Å². The number of hydrogen-bond acceptors (Lipinski definition) is 4. The lowest BCUT2D eigenvalue weighted by atomic mass is 9.89. The van der Waals surface area contributed by atoms with Gasteiger partial charge in [-0.2, -0.15) is 5.10 Å². The second-order valence-corrected chi connectivity index (χ2v) is 7.44. The maximum atomic E-state index is 12.6. The van der Waals surface area contributed by atoms with Crippen LogP contribution in [0.15, 0.2) is 52.6 Å². The van der Waals surface area contributed by atoms with Gasteiger partial charge in [0.15, 0.2) is 0 Å². The van der Waals surface area contributed by atoms with E-state index in [1.807, 2.05) is 17.5 Å². The number of rotatable bonds is 4. The minimum absolute atomic E-state index is 0.198. The number of thiophene rings is 1. The molecule has 1 aliphatic carbocycles. The van der Waals surface area contributed by atoms with Gasteiger partial charge in [-0.1, -0.05) is 24.3 Å². The van der Waals surface area contributed by atoms with Crippen molar-refractivity contribution in [2.45, 2.75) is 31.7 Å². The first-order valence-corrected chi connectivity index (χ1v) is 9.60. The van der Waals surface area contributed by atoms with Crippen molar-refractivity contribution < 1.29 is 4.79 Å². The van der Waals surface area contributed by atoms with Crippen LogP contribution in [0.2, 0.25) is 0 Å². The number of aromatic amines is 1. The number of H-pyrrole nitrogens is 1. The van der Waals surface area contributed by atoms with Crippen molar-refractivity contribution in [3.05, 3.63) is 85.5 Å². The molecule has 0 saturated carbocycles. The minimum atomic E-state index is -0.328. The van der Waals surface area contributed by atoms with Crippen LogP contribution in [0.4, 0.5) is 0 Å². The standard InChI is InChI=1S/C20H19N3O2S/c24-18-10-9-16(22-23-18)20(25)21-19(17-6-3-11-26-17)15-8-7-13-4-1-2-5-14(13)12-15/h3,6-12,19H,1-2,4-5H2,(H,21,25)(H,23,24)/t19-/m1/s1. The summed E-state index contributed by atoms with van der Waals surface area (Å²) in [5, 5.41) is 11.2. The Bertz CT molecular complexity index is 958. The zero-order chi connectivity index (χ0) is 17.9. The van der Waals surface area contributed by atoms with Crippen molar-refractivity contribution in [2.75, 3.05) is 0 Å². The van der Waals surface area contributed by atoms with Crippen LogP contribution >= 0.6 is 11.3 Å². The van der Waals surface area contributed by atoms with Crippen LogP contribution < -0.4 is 10.9 Å². The van der Waals surface area contributed by atoms with E-state index in [0.29, 0.717) is 0 Å². The summed E-state index contributed by atoms with van der Waals surface area (Å²) in [5.41, 5.74) is 3.74. The Labute approximate surface area is 155 Å². The van der Waals surface area contributed by atoms with E-state index in [2.05, 4.69) is 33.7 Å². The zero-order valence-electron chi connectivity index (χ0n) is 14.2. The highest BCUT2D eigenvalue weighted by molar-refractivity contribution is 7.10. The monoisotopic (exact) mass is 365 g/mol. The van der Waals surface area contributed by atoms with Gasteiger partial charge in [-0.25, -0.2) is 5.10 Å². The van der Waals surface area contributed by atoms with Gasteiger partial charge >= 0.3 is 0 Å². The van der Waals surface area contributed by atoms with E-state index in [1.165, 1.54) is 36.1 Å². The number of fused-ring (bicyclic) bond motifs is 1. The van der Waals surface area contributed by atoms with Gasteiger partial charge in [0.1, 0.15) is 5.69 Å². The largest absolute Gasteiger partial charge is 0.339 e. The Balaban J connectivity index is 1.66. The maximum Gasteiger partial charge on any atom is 0.272 e. The van der Waals surface area contributed by atoms with Crippen molar-refractivity contribution in [1.82, 2.24) is 15.5 Å². The van der Waals surface area contributed by atoms with Crippen LogP contribution in [0.5, 0.6) is 0 Å². The average molecular weight is 365 g/mol. The van der Waals surface area contributed by atoms with E-state index in [9.17, 15) is 9.59 Å². The average Bonchev–Trinajstić information content (AvgIpc) is 3.20. The summed E-state index contributed by atoms with van der Waals surface area (Å²) in [7, 11) is 0. The van der Waals surface area contributed by atoms with Crippen LogP contribution in [0.3, 0.4) is 0 Å². The highest BCUT2D eigenvalue weighted by Crippen LogP contribution is 2.30. The normalized spacial score (nSPS) is 14.5. The van der Waals surface area contributed by atoms with E-state index in [-0.39, 0.29) is 23.2 Å². The number of aryl methyl sites for hydroxylation is 2. The molecular weight excluding hydrogens is 346 g/mol. The van der Waals surface area contributed by atoms with Crippen molar-refractivity contribution in [3.8, 4) is 0 Å². The van der Waals surface area contributed by atoms with E-state index >= 15 is 0 Å². The van der Waals surface area contributed by atoms with Gasteiger partial charge in [-0.15, -0.1) is 11.3 Å². The quantitative estimate of drug-likeness (QED) is 0.745. The smallest absolute Gasteiger partial charge is 0.272 e. The second kappa shape index (κ2) is 7.25.